The Hall–Kier alpha value is -3.09. The lowest BCUT2D eigenvalue weighted by Gasteiger charge is -2.41. The molecule has 7 nitrogen and oxygen atoms in total. The van der Waals surface area contributed by atoms with Gasteiger partial charge in [0.2, 0.25) is 5.91 Å². The molecular weight excluding hydrogens is 390 g/mol. The number of allylic oxidation sites excluding steroid dienone is 1. The molecule has 4 rings (SSSR count). The number of amides is 1. The number of H-pyrrole nitrogens is 1. The number of hydrogen-bond acceptors (Lipinski definition) is 5. The van der Waals surface area contributed by atoms with Crippen molar-refractivity contribution in [3.05, 3.63) is 53.1 Å². The molecule has 1 amide bonds. The summed E-state index contributed by atoms with van der Waals surface area (Å²) in [5.41, 5.74) is 2.10. The van der Waals surface area contributed by atoms with E-state index in [1.54, 1.807) is 23.4 Å². The number of nitrogens with one attached hydrogen (secondary N) is 3. The van der Waals surface area contributed by atoms with Crippen LogP contribution < -0.4 is 16.2 Å². The van der Waals surface area contributed by atoms with Crippen LogP contribution in [0.4, 0.5) is 11.5 Å². The van der Waals surface area contributed by atoms with Gasteiger partial charge in [0.1, 0.15) is 17.7 Å². The third-order valence-corrected chi connectivity index (χ3v) is 6.33. The molecule has 164 valence electrons. The first-order chi connectivity index (χ1) is 15.1. The molecule has 1 aliphatic heterocycles. The highest BCUT2D eigenvalue weighted by Crippen LogP contribution is 2.27. The maximum absolute atomic E-state index is 12.6. The Kier molecular flexibility index (Phi) is 6.70. The molecule has 0 spiro atoms. The maximum Gasteiger partial charge on any atom is 0.271 e. The second-order valence-corrected chi connectivity index (χ2v) is 8.43. The molecule has 0 radical (unpaired) electrons. The minimum atomic E-state index is -0.196. The van der Waals surface area contributed by atoms with E-state index in [1.807, 2.05) is 31.3 Å². The average Bonchev–Trinajstić information content (AvgIpc) is 2.78. The summed E-state index contributed by atoms with van der Waals surface area (Å²) < 4.78 is 0. The average molecular weight is 422 g/mol. The predicted octanol–water partition coefficient (Wildman–Crippen LogP) is 3.98. The zero-order valence-corrected chi connectivity index (χ0v) is 18.1. The molecule has 0 aromatic carbocycles. The third kappa shape index (κ3) is 5.16. The predicted molar refractivity (Wildman–Crippen MR) is 124 cm³/mol. The van der Waals surface area contributed by atoms with Crippen molar-refractivity contribution in [2.45, 2.75) is 51.1 Å². The number of carbonyl (C=O) groups excluding carboxylic acids is 1. The molecular formula is C24H31N5O2. The van der Waals surface area contributed by atoms with Crippen molar-refractivity contribution in [1.82, 2.24) is 14.9 Å². The van der Waals surface area contributed by atoms with Crippen LogP contribution in [0.5, 0.6) is 0 Å². The fourth-order valence-corrected chi connectivity index (χ4v) is 4.37. The van der Waals surface area contributed by atoms with Crippen molar-refractivity contribution in [3.63, 3.8) is 0 Å². The van der Waals surface area contributed by atoms with Crippen molar-refractivity contribution in [2.75, 3.05) is 24.2 Å². The number of carbonyl (C=O) groups is 1. The van der Waals surface area contributed by atoms with E-state index in [4.69, 9.17) is 0 Å². The van der Waals surface area contributed by atoms with Crippen LogP contribution in [-0.4, -0.2) is 40.5 Å². The lowest BCUT2D eigenvalue weighted by atomic mass is 9.87. The summed E-state index contributed by atoms with van der Waals surface area (Å²) in [5.74, 6) is 1.50. The summed E-state index contributed by atoms with van der Waals surface area (Å²) in [6, 6.07) is 5.65. The monoisotopic (exact) mass is 421 g/mol. The molecule has 7 heteroatoms. The number of nitrogens with zero attached hydrogens (tertiary/aromatic N) is 2. The molecule has 3 heterocycles. The summed E-state index contributed by atoms with van der Waals surface area (Å²) in [5, 5.41) is 6.27. The number of aromatic amines is 1. The van der Waals surface area contributed by atoms with Crippen molar-refractivity contribution >= 4 is 17.4 Å². The summed E-state index contributed by atoms with van der Waals surface area (Å²) in [7, 11) is 1.82. The number of hydrogen-bond donors (Lipinski definition) is 3. The Balaban J connectivity index is 1.39. The quantitative estimate of drug-likeness (QED) is 0.589. The summed E-state index contributed by atoms with van der Waals surface area (Å²) in [6.45, 7) is 0.706. The van der Waals surface area contributed by atoms with E-state index in [2.05, 4.69) is 20.6 Å². The van der Waals surface area contributed by atoms with Gasteiger partial charge in [-0.3, -0.25) is 9.59 Å². The minimum Gasteiger partial charge on any atom is -0.373 e. The first kappa shape index (κ1) is 21.2. The first-order valence-electron chi connectivity index (χ1n) is 11.2. The third-order valence-electron chi connectivity index (χ3n) is 6.33. The highest BCUT2D eigenvalue weighted by atomic mass is 16.2. The molecule has 1 aliphatic carbocycles. The van der Waals surface area contributed by atoms with E-state index in [-0.39, 0.29) is 17.6 Å². The SMILES string of the molecule is CNc1cc(-c2c[nH]c(=O)c(NC3CCN3C(=O)/C=C/CC3CCCCC3)c2)ccn1. The zero-order valence-electron chi connectivity index (χ0n) is 18.1. The van der Waals surface area contributed by atoms with Crippen LogP contribution in [0.2, 0.25) is 0 Å². The molecule has 31 heavy (non-hydrogen) atoms. The Labute approximate surface area is 183 Å². The number of anilines is 2. The fourth-order valence-electron chi connectivity index (χ4n) is 4.37. The van der Waals surface area contributed by atoms with Crippen molar-refractivity contribution in [1.29, 1.82) is 0 Å². The van der Waals surface area contributed by atoms with E-state index in [1.165, 1.54) is 32.1 Å². The van der Waals surface area contributed by atoms with Crippen LogP contribution in [0, 0.1) is 5.92 Å². The number of rotatable bonds is 7. The highest BCUT2D eigenvalue weighted by molar-refractivity contribution is 5.88. The van der Waals surface area contributed by atoms with Crippen LogP contribution in [0.3, 0.4) is 0 Å². The Morgan fingerprint density at radius 3 is 2.81 bits per heavy atom. The zero-order chi connectivity index (χ0) is 21.6. The van der Waals surface area contributed by atoms with Crippen molar-refractivity contribution < 1.29 is 4.79 Å². The Morgan fingerprint density at radius 1 is 1.23 bits per heavy atom. The maximum atomic E-state index is 12.6. The van der Waals surface area contributed by atoms with Crippen molar-refractivity contribution in [2.24, 2.45) is 5.92 Å². The van der Waals surface area contributed by atoms with E-state index in [0.29, 0.717) is 12.2 Å². The van der Waals surface area contributed by atoms with Crippen molar-refractivity contribution in [3.8, 4) is 11.1 Å². The van der Waals surface area contributed by atoms with Crippen LogP contribution in [-0.2, 0) is 4.79 Å². The molecule has 2 fully saturated rings. The van der Waals surface area contributed by atoms with Crippen LogP contribution in [0.25, 0.3) is 11.1 Å². The van der Waals surface area contributed by atoms with Gasteiger partial charge in [-0.15, -0.1) is 0 Å². The van der Waals surface area contributed by atoms with Gasteiger partial charge in [-0.05, 0) is 42.2 Å². The second-order valence-electron chi connectivity index (χ2n) is 8.43. The molecule has 1 atom stereocenters. The molecule has 1 unspecified atom stereocenters. The summed E-state index contributed by atoms with van der Waals surface area (Å²) >= 11 is 0. The molecule has 0 bridgehead atoms. The van der Waals surface area contributed by atoms with Crippen LogP contribution >= 0.6 is 0 Å². The highest BCUT2D eigenvalue weighted by Gasteiger charge is 2.31. The number of pyridine rings is 2. The van der Waals surface area contributed by atoms with E-state index >= 15 is 0 Å². The van der Waals surface area contributed by atoms with Gasteiger partial charge in [-0.2, -0.15) is 0 Å². The lowest BCUT2D eigenvalue weighted by molar-refractivity contribution is -0.132. The fraction of sp³-hybridized carbons (Fsp3) is 0.458. The van der Waals surface area contributed by atoms with E-state index in [9.17, 15) is 9.59 Å². The molecule has 2 aliphatic rings. The number of likely N-dealkylation sites (tertiary alicyclic amines) is 1. The molecule has 3 N–H and O–H groups in total. The summed E-state index contributed by atoms with van der Waals surface area (Å²) in [4.78, 5) is 33.8. The van der Waals surface area contributed by atoms with Gasteiger partial charge in [-0.25, -0.2) is 4.98 Å². The van der Waals surface area contributed by atoms with Gasteiger partial charge in [-0.1, -0.05) is 38.2 Å². The van der Waals surface area contributed by atoms with Crippen LogP contribution in [0.1, 0.15) is 44.9 Å². The van der Waals surface area contributed by atoms with Gasteiger partial charge < -0.3 is 20.5 Å². The van der Waals surface area contributed by atoms with E-state index in [0.717, 1.165) is 35.7 Å². The Bertz CT molecular complexity index is 993. The minimum absolute atomic E-state index is 0.0138. The molecule has 2 aromatic heterocycles. The molecule has 1 saturated heterocycles. The second kappa shape index (κ2) is 9.81. The van der Waals surface area contributed by atoms with Crippen LogP contribution in [0.15, 0.2) is 47.5 Å². The van der Waals surface area contributed by atoms with Gasteiger partial charge in [0.15, 0.2) is 0 Å². The molecule has 2 aromatic rings. The first-order valence-corrected chi connectivity index (χ1v) is 11.2. The van der Waals surface area contributed by atoms with Gasteiger partial charge >= 0.3 is 0 Å². The van der Waals surface area contributed by atoms with Gasteiger partial charge in [0, 0.05) is 38.0 Å². The topological polar surface area (TPSA) is 90.1 Å². The van der Waals surface area contributed by atoms with Gasteiger partial charge in [0.25, 0.3) is 5.56 Å². The van der Waals surface area contributed by atoms with Gasteiger partial charge in [0.05, 0.1) is 0 Å². The normalized spacial score (nSPS) is 19.3. The number of aromatic nitrogens is 2. The standard InChI is InChI=1S/C24H31N5O2/c1-25-21-15-18(10-12-26-21)19-14-20(24(31)27-16-19)28-22-11-13-29(22)23(30)9-5-8-17-6-3-2-4-7-17/h5,9-10,12,14-17,22,28H,2-4,6-8,11,13H2,1H3,(H,25,26)(H,27,31)/b9-5+. The largest absolute Gasteiger partial charge is 0.373 e. The van der Waals surface area contributed by atoms with E-state index < -0.39 is 0 Å². The lowest BCUT2D eigenvalue weighted by Crippen LogP contribution is -2.55. The smallest absolute Gasteiger partial charge is 0.271 e. The molecule has 1 saturated carbocycles. The summed E-state index contributed by atoms with van der Waals surface area (Å²) in [6.07, 6.45) is 15.3. The Morgan fingerprint density at radius 2 is 2.06 bits per heavy atom.